The lowest BCUT2D eigenvalue weighted by Gasteiger charge is -2.30. The average Bonchev–Trinajstić information content (AvgIpc) is 3.46. The molecule has 1 N–H and O–H groups in total. The number of hydrogen-bond acceptors (Lipinski definition) is 5. The Morgan fingerprint density at radius 2 is 1.88 bits per heavy atom. The Labute approximate surface area is 198 Å². The second-order valence-electron chi connectivity index (χ2n) is 9.14. The molecule has 178 valence electrons. The zero-order chi connectivity index (χ0) is 24.0. The molecule has 1 atom stereocenters. The van der Waals surface area contributed by atoms with Crippen molar-refractivity contribution >= 4 is 17.3 Å². The molecule has 1 fully saturated rings. The summed E-state index contributed by atoms with van der Waals surface area (Å²) in [5.41, 5.74) is 3.39. The zero-order valence-corrected chi connectivity index (χ0v) is 19.7. The van der Waals surface area contributed by atoms with E-state index in [9.17, 15) is 9.90 Å². The van der Waals surface area contributed by atoms with Gasteiger partial charge in [0.05, 0.1) is 19.0 Å². The number of methoxy groups -OCH3 is 1. The second kappa shape index (κ2) is 8.68. The lowest BCUT2D eigenvalue weighted by Crippen LogP contribution is -2.37. The molecule has 34 heavy (non-hydrogen) atoms. The highest BCUT2D eigenvalue weighted by Crippen LogP contribution is 2.32. The number of benzene rings is 2. The molecule has 1 aromatic heterocycles. The van der Waals surface area contributed by atoms with Gasteiger partial charge in [0, 0.05) is 48.7 Å². The number of halogens is 1. The van der Waals surface area contributed by atoms with E-state index < -0.39 is 0 Å². The summed E-state index contributed by atoms with van der Waals surface area (Å²) in [5.74, 6) is 0.158. The molecule has 3 aromatic rings. The van der Waals surface area contributed by atoms with Crippen LogP contribution in [-0.2, 0) is 6.42 Å². The van der Waals surface area contributed by atoms with Crippen molar-refractivity contribution in [1.29, 1.82) is 0 Å². The standard InChI is InChI=1S/C26H29FN4O3/c1-28(2)20-9-10-29(15-20)24-7-5-19(13-23(24)27)30-11-8-17-12-18(4-6-22(17)26(30)33)31-16-21(34-3)14-25(31)32/h4-7,12-14,16,20,32H,8-11,15H2,1-3H3/t20-/m1/s1. The first-order valence-electron chi connectivity index (χ1n) is 11.5. The largest absolute Gasteiger partial charge is 0.495 e. The molecular formula is C26H29FN4O3. The highest BCUT2D eigenvalue weighted by molar-refractivity contribution is 6.08. The van der Waals surface area contributed by atoms with E-state index in [4.69, 9.17) is 4.74 Å². The number of likely N-dealkylation sites (N-methyl/N-ethyl adjacent to an activating group) is 1. The molecular weight excluding hydrogens is 435 g/mol. The van der Waals surface area contributed by atoms with Crippen LogP contribution >= 0.6 is 0 Å². The van der Waals surface area contributed by atoms with Crippen LogP contribution in [0.2, 0.25) is 0 Å². The Morgan fingerprint density at radius 3 is 2.56 bits per heavy atom. The Morgan fingerprint density at radius 1 is 1.09 bits per heavy atom. The fourth-order valence-corrected chi connectivity index (χ4v) is 4.92. The summed E-state index contributed by atoms with van der Waals surface area (Å²) in [6.07, 6.45) is 3.33. The van der Waals surface area contributed by atoms with Gasteiger partial charge < -0.3 is 24.5 Å². The van der Waals surface area contributed by atoms with Crippen LogP contribution in [0.15, 0.2) is 48.7 Å². The molecule has 3 heterocycles. The van der Waals surface area contributed by atoms with E-state index in [1.165, 1.54) is 12.1 Å². The van der Waals surface area contributed by atoms with Gasteiger partial charge in [0.1, 0.15) is 11.6 Å². The number of rotatable bonds is 5. The van der Waals surface area contributed by atoms with E-state index in [0.29, 0.717) is 41.7 Å². The third-order valence-corrected chi connectivity index (χ3v) is 6.93. The maximum atomic E-state index is 15.1. The molecule has 0 saturated carbocycles. The molecule has 0 spiro atoms. The van der Waals surface area contributed by atoms with Gasteiger partial charge >= 0.3 is 0 Å². The molecule has 0 radical (unpaired) electrons. The molecule has 5 rings (SSSR count). The van der Waals surface area contributed by atoms with Crippen LogP contribution in [0.5, 0.6) is 11.6 Å². The zero-order valence-electron chi connectivity index (χ0n) is 19.7. The van der Waals surface area contributed by atoms with Crippen LogP contribution in [-0.4, -0.2) is 67.4 Å². The Balaban J connectivity index is 1.37. The number of amides is 1. The Kier molecular flexibility index (Phi) is 5.69. The van der Waals surface area contributed by atoms with Gasteiger partial charge in [-0.15, -0.1) is 0 Å². The van der Waals surface area contributed by atoms with E-state index >= 15 is 4.39 Å². The molecule has 2 aliphatic rings. The Bertz CT molecular complexity index is 1240. The number of ether oxygens (including phenoxy) is 1. The summed E-state index contributed by atoms with van der Waals surface area (Å²) >= 11 is 0. The normalized spacial score (nSPS) is 18.0. The first-order chi connectivity index (χ1) is 16.4. The van der Waals surface area contributed by atoms with Crippen LogP contribution in [0.3, 0.4) is 0 Å². The first-order valence-corrected chi connectivity index (χ1v) is 11.5. The summed E-state index contributed by atoms with van der Waals surface area (Å²) in [4.78, 5) is 19.2. The van der Waals surface area contributed by atoms with Crippen molar-refractivity contribution in [2.75, 3.05) is 50.6 Å². The minimum atomic E-state index is -0.303. The number of anilines is 2. The average molecular weight is 465 g/mol. The van der Waals surface area contributed by atoms with Gasteiger partial charge in [0.15, 0.2) is 5.88 Å². The maximum Gasteiger partial charge on any atom is 0.258 e. The molecule has 0 unspecified atom stereocenters. The third kappa shape index (κ3) is 3.88. The van der Waals surface area contributed by atoms with Crippen molar-refractivity contribution < 1.29 is 19.0 Å². The van der Waals surface area contributed by atoms with Gasteiger partial charge in [-0.3, -0.25) is 9.36 Å². The van der Waals surface area contributed by atoms with Crippen LogP contribution < -0.4 is 14.5 Å². The maximum absolute atomic E-state index is 15.1. The SMILES string of the molecule is COc1cc(O)n(-c2ccc3c(c2)CCN(c2ccc(N4CC[C@@H](N(C)C)C4)c(F)c2)C3=O)c1. The number of carbonyl (C=O) groups excluding carboxylic acids is 1. The van der Waals surface area contributed by atoms with Crippen molar-refractivity contribution in [3.05, 3.63) is 65.6 Å². The Hall–Kier alpha value is -3.52. The molecule has 0 aliphatic carbocycles. The highest BCUT2D eigenvalue weighted by atomic mass is 19.1. The smallest absolute Gasteiger partial charge is 0.258 e. The summed E-state index contributed by atoms with van der Waals surface area (Å²) in [5, 5.41) is 10.2. The number of aromatic nitrogens is 1. The number of fused-ring (bicyclic) bond motifs is 1. The second-order valence-corrected chi connectivity index (χ2v) is 9.14. The molecule has 2 aromatic carbocycles. The number of carbonyl (C=O) groups is 1. The molecule has 8 heteroatoms. The van der Waals surface area contributed by atoms with Crippen molar-refractivity contribution in [3.63, 3.8) is 0 Å². The number of nitrogens with zero attached hydrogens (tertiary/aromatic N) is 4. The van der Waals surface area contributed by atoms with Crippen molar-refractivity contribution in [1.82, 2.24) is 9.47 Å². The summed E-state index contributed by atoms with van der Waals surface area (Å²) < 4.78 is 21.9. The minimum Gasteiger partial charge on any atom is -0.495 e. The fraction of sp³-hybridized carbons (Fsp3) is 0.346. The molecule has 1 amide bonds. The monoisotopic (exact) mass is 464 g/mol. The van der Waals surface area contributed by atoms with Gasteiger partial charge in [-0.1, -0.05) is 0 Å². The topological polar surface area (TPSA) is 61.2 Å². The van der Waals surface area contributed by atoms with Gasteiger partial charge in [-0.05, 0) is 68.9 Å². The van der Waals surface area contributed by atoms with Crippen LogP contribution in [0.4, 0.5) is 15.8 Å². The van der Waals surface area contributed by atoms with E-state index in [0.717, 1.165) is 30.8 Å². The van der Waals surface area contributed by atoms with E-state index in [2.05, 4.69) is 23.9 Å². The molecule has 1 saturated heterocycles. The van der Waals surface area contributed by atoms with Crippen molar-refractivity contribution in [2.24, 2.45) is 0 Å². The minimum absolute atomic E-state index is 0.0611. The third-order valence-electron chi connectivity index (χ3n) is 6.93. The lowest BCUT2D eigenvalue weighted by molar-refractivity contribution is 0.0980. The summed E-state index contributed by atoms with van der Waals surface area (Å²) in [6, 6.07) is 12.5. The van der Waals surface area contributed by atoms with Crippen LogP contribution in [0.25, 0.3) is 5.69 Å². The molecule has 2 aliphatic heterocycles. The van der Waals surface area contributed by atoms with Crippen LogP contribution in [0.1, 0.15) is 22.3 Å². The van der Waals surface area contributed by atoms with Gasteiger partial charge in [0.25, 0.3) is 5.91 Å². The van der Waals surface area contributed by atoms with Gasteiger partial charge in [0.2, 0.25) is 0 Å². The van der Waals surface area contributed by atoms with E-state index in [1.807, 2.05) is 12.1 Å². The molecule has 7 nitrogen and oxygen atoms in total. The van der Waals surface area contributed by atoms with Gasteiger partial charge in [-0.25, -0.2) is 4.39 Å². The predicted octanol–water partition coefficient (Wildman–Crippen LogP) is 3.67. The predicted molar refractivity (Wildman–Crippen MR) is 130 cm³/mol. The van der Waals surface area contributed by atoms with E-state index in [1.54, 1.807) is 41.0 Å². The van der Waals surface area contributed by atoms with Gasteiger partial charge in [-0.2, -0.15) is 0 Å². The number of hydrogen-bond donors (Lipinski definition) is 1. The summed E-state index contributed by atoms with van der Waals surface area (Å²) in [7, 11) is 5.64. The summed E-state index contributed by atoms with van der Waals surface area (Å²) in [6.45, 7) is 2.08. The van der Waals surface area contributed by atoms with Crippen LogP contribution in [0, 0.1) is 5.82 Å². The van der Waals surface area contributed by atoms with Crippen molar-refractivity contribution in [2.45, 2.75) is 18.9 Å². The first kappa shape index (κ1) is 22.3. The highest BCUT2D eigenvalue weighted by Gasteiger charge is 2.29. The fourth-order valence-electron chi connectivity index (χ4n) is 4.92. The quantitative estimate of drug-likeness (QED) is 0.624. The lowest BCUT2D eigenvalue weighted by atomic mass is 9.97. The van der Waals surface area contributed by atoms with E-state index in [-0.39, 0.29) is 17.6 Å². The number of aromatic hydroxyl groups is 1. The van der Waals surface area contributed by atoms with Crippen molar-refractivity contribution in [3.8, 4) is 17.3 Å². The molecule has 0 bridgehead atoms.